The Morgan fingerprint density at radius 2 is 1.36 bits per heavy atom. The summed E-state index contributed by atoms with van der Waals surface area (Å²) in [6.07, 6.45) is 3.55. The van der Waals surface area contributed by atoms with Crippen LogP contribution in [-0.2, 0) is 0 Å². The summed E-state index contributed by atoms with van der Waals surface area (Å²) in [5.41, 5.74) is 1.49. The maximum atomic E-state index is 13.8. The molecule has 0 unspecified atom stereocenters. The SMILES string of the molecule is COc1ccc(/C=C/c2cc(OC)c(F)c(OC)c2)cc1O. The highest BCUT2D eigenvalue weighted by atomic mass is 19.1. The molecule has 0 aliphatic rings. The van der Waals surface area contributed by atoms with E-state index in [-0.39, 0.29) is 17.2 Å². The fourth-order valence-corrected chi connectivity index (χ4v) is 1.99. The van der Waals surface area contributed by atoms with Crippen LogP contribution in [0.4, 0.5) is 4.39 Å². The number of ether oxygens (including phenoxy) is 3. The third-order valence-corrected chi connectivity index (χ3v) is 3.14. The van der Waals surface area contributed by atoms with Gasteiger partial charge in [-0.15, -0.1) is 0 Å². The van der Waals surface area contributed by atoms with Crippen molar-refractivity contribution in [1.29, 1.82) is 0 Å². The van der Waals surface area contributed by atoms with E-state index in [1.54, 1.807) is 42.5 Å². The van der Waals surface area contributed by atoms with Crippen LogP contribution in [0.25, 0.3) is 12.2 Å². The highest BCUT2D eigenvalue weighted by Gasteiger charge is 2.10. The Labute approximate surface area is 128 Å². The van der Waals surface area contributed by atoms with Crippen molar-refractivity contribution in [2.75, 3.05) is 21.3 Å². The highest BCUT2D eigenvalue weighted by Crippen LogP contribution is 2.30. The summed E-state index contributed by atoms with van der Waals surface area (Å²) in [6.45, 7) is 0. The first-order valence-corrected chi connectivity index (χ1v) is 6.55. The molecule has 0 atom stereocenters. The van der Waals surface area contributed by atoms with Crippen LogP contribution in [0, 0.1) is 5.82 Å². The fraction of sp³-hybridized carbons (Fsp3) is 0.176. The van der Waals surface area contributed by atoms with Gasteiger partial charge in [-0.1, -0.05) is 18.2 Å². The van der Waals surface area contributed by atoms with Gasteiger partial charge in [0.1, 0.15) is 0 Å². The average Bonchev–Trinajstić information content (AvgIpc) is 2.54. The van der Waals surface area contributed by atoms with Crippen LogP contribution in [0.1, 0.15) is 11.1 Å². The first kappa shape index (κ1) is 15.7. The Morgan fingerprint density at radius 1 is 0.818 bits per heavy atom. The molecule has 0 heterocycles. The van der Waals surface area contributed by atoms with Gasteiger partial charge in [-0.3, -0.25) is 0 Å². The van der Waals surface area contributed by atoms with E-state index in [1.165, 1.54) is 21.3 Å². The second-order valence-corrected chi connectivity index (χ2v) is 4.50. The van der Waals surface area contributed by atoms with Crippen LogP contribution in [0.2, 0.25) is 0 Å². The lowest BCUT2D eigenvalue weighted by Crippen LogP contribution is -1.94. The number of benzene rings is 2. The van der Waals surface area contributed by atoms with Gasteiger partial charge in [-0.05, 0) is 35.4 Å². The first-order chi connectivity index (χ1) is 10.6. The number of hydrogen-bond donors (Lipinski definition) is 1. The number of rotatable bonds is 5. The van der Waals surface area contributed by atoms with Gasteiger partial charge in [-0.25, -0.2) is 0 Å². The predicted octanol–water partition coefficient (Wildman–Crippen LogP) is 3.73. The van der Waals surface area contributed by atoms with Gasteiger partial charge < -0.3 is 19.3 Å². The normalized spacial score (nSPS) is 10.7. The summed E-state index contributed by atoms with van der Waals surface area (Å²) in [5.74, 6) is 0.138. The van der Waals surface area contributed by atoms with Crippen molar-refractivity contribution in [1.82, 2.24) is 0 Å². The molecule has 1 N–H and O–H groups in total. The summed E-state index contributed by atoms with van der Waals surface area (Å²) >= 11 is 0. The van der Waals surface area contributed by atoms with Crippen molar-refractivity contribution in [3.63, 3.8) is 0 Å². The Balaban J connectivity index is 2.31. The second-order valence-electron chi connectivity index (χ2n) is 4.50. The number of phenols is 1. The average molecular weight is 304 g/mol. The van der Waals surface area contributed by atoms with Crippen molar-refractivity contribution in [2.45, 2.75) is 0 Å². The van der Waals surface area contributed by atoms with Crippen LogP contribution >= 0.6 is 0 Å². The molecule has 0 saturated carbocycles. The quantitative estimate of drug-likeness (QED) is 0.855. The third kappa shape index (κ3) is 3.31. The molecular weight excluding hydrogens is 287 g/mol. The zero-order chi connectivity index (χ0) is 16.1. The third-order valence-electron chi connectivity index (χ3n) is 3.14. The minimum Gasteiger partial charge on any atom is -0.504 e. The Morgan fingerprint density at radius 3 is 1.86 bits per heavy atom. The number of hydrogen-bond acceptors (Lipinski definition) is 4. The zero-order valence-electron chi connectivity index (χ0n) is 12.6. The number of aromatic hydroxyl groups is 1. The highest BCUT2D eigenvalue weighted by molar-refractivity contribution is 5.72. The lowest BCUT2D eigenvalue weighted by atomic mass is 10.1. The van der Waals surface area contributed by atoms with E-state index >= 15 is 0 Å². The van der Waals surface area contributed by atoms with E-state index in [4.69, 9.17) is 14.2 Å². The molecule has 0 aliphatic carbocycles. The van der Waals surface area contributed by atoms with Crippen molar-refractivity contribution in [3.05, 3.63) is 47.3 Å². The summed E-state index contributed by atoms with van der Waals surface area (Å²) in [4.78, 5) is 0. The van der Waals surface area contributed by atoms with Gasteiger partial charge in [0.05, 0.1) is 21.3 Å². The molecule has 0 spiro atoms. The molecule has 0 bridgehead atoms. The van der Waals surface area contributed by atoms with Crippen LogP contribution in [0.15, 0.2) is 30.3 Å². The number of phenolic OH excluding ortho intramolecular Hbond substituents is 1. The van der Waals surface area contributed by atoms with Crippen molar-refractivity contribution < 1.29 is 23.7 Å². The Hall–Kier alpha value is -2.69. The van der Waals surface area contributed by atoms with Crippen LogP contribution in [0.3, 0.4) is 0 Å². The number of methoxy groups -OCH3 is 3. The molecule has 0 aliphatic heterocycles. The Kier molecular flexibility index (Phi) is 4.88. The molecule has 0 radical (unpaired) electrons. The molecule has 0 amide bonds. The van der Waals surface area contributed by atoms with E-state index in [0.717, 1.165) is 5.56 Å². The molecule has 0 aromatic heterocycles. The van der Waals surface area contributed by atoms with Gasteiger partial charge in [0.25, 0.3) is 0 Å². The van der Waals surface area contributed by atoms with Crippen LogP contribution in [0.5, 0.6) is 23.0 Å². The largest absolute Gasteiger partial charge is 0.504 e. The smallest absolute Gasteiger partial charge is 0.206 e. The maximum Gasteiger partial charge on any atom is 0.206 e. The molecule has 116 valence electrons. The topological polar surface area (TPSA) is 47.9 Å². The Bertz CT molecular complexity index is 670. The van der Waals surface area contributed by atoms with Gasteiger partial charge in [0, 0.05) is 0 Å². The van der Waals surface area contributed by atoms with Crippen LogP contribution < -0.4 is 14.2 Å². The molecule has 22 heavy (non-hydrogen) atoms. The summed E-state index contributed by atoms with van der Waals surface area (Å²) < 4.78 is 28.8. The maximum absolute atomic E-state index is 13.8. The molecule has 2 aromatic carbocycles. The molecule has 0 saturated heterocycles. The zero-order valence-corrected chi connectivity index (χ0v) is 12.6. The second kappa shape index (κ2) is 6.85. The molecule has 2 rings (SSSR count). The van der Waals surface area contributed by atoms with Crippen molar-refractivity contribution in [2.24, 2.45) is 0 Å². The van der Waals surface area contributed by atoms with Gasteiger partial charge in [0.2, 0.25) is 5.82 Å². The molecule has 4 nitrogen and oxygen atoms in total. The predicted molar refractivity (Wildman–Crippen MR) is 83.1 cm³/mol. The minimum atomic E-state index is -0.538. The fourth-order valence-electron chi connectivity index (χ4n) is 1.99. The lowest BCUT2D eigenvalue weighted by Gasteiger charge is -2.08. The van der Waals surface area contributed by atoms with Gasteiger partial charge in [-0.2, -0.15) is 4.39 Å². The van der Waals surface area contributed by atoms with E-state index in [0.29, 0.717) is 11.3 Å². The van der Waals surface area contributed by atoms with Crippen LogP contribution in [-0.4, -0.2) is 26.4 Å². The molecule has 5 heteroatoms. The summed E-state index contributed by atoms with van der Waals surface area (Å²) in [5, 5.41) is 9.74. The van der Waals surface area contributed by atoms with E-state index in [1.807, 2.05) is 0 Å². The number of halogens is 1. The first-order valence-electron chi connectivity index (χ1n) is 6.55. The van der Waals surface area contributed by atoms with E-state index in [9.17, 15) is 9.50 Å². The summed E-state index contributed by atoms with van der Waals surface area (Å²) in [6, 6.07) is 8.18. The standard InChI is InChI=1S/C17H17FO4/c1-20-14-7-6-11(8-13(14)19)4-5-12-9-15(21-2)17(18)16(10-12)22-3/h4-10,19H,1-3H3/b5-4+. The van der Waals surface area contributed by atoms with Crippen molar-refractivity contribution in [3.8, 4) is 23.0 Å². The van der Waals surface area contributed by atoms with Crippen molar-refractivity contribution >= 4 is 12.2 Å². The minimum absolute atomic E-state index is 0.0546. The van der Waals surface area contributed by atoms with Gasteiger partial charge >= 0.3 is 0 Å². The lowest BCUT2D eigenvalue weighted by molar-refractivity contribution is 0.350. The molecule has 2 aromatic rings. The molecular formula is C17H17FO4. The van der Waals surface area contributed by atoms with Gasteiger partial charge in [0.15, 0.2) is 23.0 Å². The van der Waals surface area contributed by atoms with E-state index < -0.39 is 5.82 Å². The van der Waals surface area contributed by atoms with E-state index in [2.05, 4.69) is 0 Å². The summed E-state index contributed by atoms with van der Waals surface area (Å²) in [7, 11) is 4.28. The monoisotopic (exact) mass is 304 g/mol. The molecule has 0 fully saturated rings.